The molecule has 0 aliphatic heterocycles. The van der Waals surface area contributed by atoms with Crippen LogP contribution in [-0.4, -0.2) is 20.7 Å². The SMILES string of the molecule is Cn1cnnc1Sc1ccc(NC(=O)CCc2c(F)cccc2F)cc1. The average molecular weight is 374 g/mol. The van der Waals surface area contributed by atoms with Gasteiger partial charge in [-0.3, -0.25) is 4.79 Å². The van der Waals surface area contributed by atoms with E-state index in [1.165, 1.54) is 30.0 Å². The van der Waals surface area contributed by atoms with Gasteiger partial charge in [0.25, 0.3) is 0 Å². The van der Waals surface area contributed by atoms with Crippen molar-refractivity contribution in [2.24, 2.45) is 7.05 Å². The van der Waals surface area contributed by atoms with Crippen molar-refractivity contribution >= 4 is 23.4 Å². The van der Waals surface area contributed by atoms with Gasteiger partial charge in [0.15, 0.2) is 5.16 Å². The number of halogens is 2. The predicted octanol–water partition coefficient (Wildman–Crippen LogP) is 3.82. The number of rotatable bonds is 6. The first-order valence-electron chi connectivity index (χ1n) is 7.87. The molecular weight excluding hydrogens is 358 g/mol. The second-order valence-corrected chi connectivity index (χ2v) is 6.64. The molecular formula is C18H16F2N4OS. The molecule has 1 amide bonds. The van der Waals surface area contributed by atoms with E-state index in [0.29, 0.717) is 5.69 Å². The lowest BCUT2D eigenvalue weighted by Gasteiger charge is -2.07. The maximum absolute atomic E-state index is 13.6. The lowest BCUT2D eigenvalue weighted by molar-refractivity contribution is -0.116. The van der Waals surface area contributed by atoms with Gasteiger partial charge in [0.05, 0.1) is 0 Å². The number of hydrogen-bond donors (Lipinski definition) is 1. The maximum atomic E-state index is 13.6. The molecule has 0 aliphatic carbocycles. The number of hydrogen-bond acceptors (Lipinski definition) is 4. The van der Waals surface area contributed by atoms with E-state index in [1.807, 2.05) is 23.7 Å². The largest absolute Gasteiger partial charge is 0.326 e. The normalized spacial score (nSPS) is 10.7. The van der Waals surface area contributed by atoms with Gasteiger partial charge in [-0.1, -0.05) is 6.07 Å². The number of benzene rings is 2. The number of nitrogens with one attached hydrogen (secondary N) is 1. The summed E-state index contributed by atoms with van der Waals surface area (Å²) in [6, 6.07) is 10.9. The molecule has 0 unspecified atom stereocenters. The third-order valence-corrected chi connectivity index (χ3v) is 4.74. The number of amides is 1. The zero-order valence-electron chi connectivity index (χ0n) is 13.9. The Bertz CT molecular complexity index is 892. The fraction of sp³-hybridized carbons (Fsp3) is 0.167. The number of nitrogens with zero attached hydrogens (tertiary/aromatic N) is 3. The van der Waals surface area contributed by atoms with Crippen molar-refractivity contribution in [1.82, 2.24) is 14.8 Å². The van der Waals surface area contributed by atoms with Gasteiger partial charge in [0, 0.05) is 29.6 Å². The van der Waals surface area contributed by atoms with E-state index in [4.69, 9.17) is 0 Å². The Morgan fingerprint density at radius 1 is 1.15 bits per heavy atom. The molecule has 134 valence electrons. The van der Waals surface area contributed by atoms with Crippen molar-refractivity contribution in [3.05, 3.63) is 66.0 Å². The van der Waals surface area contributed by atoms with Crippen LogP contribution in [0.1, 0.15) is 12.0 Å². The molecule has 26 heavy (non-hydrogen) atoms. The number of aromatic nitrogens is 3. The lowest BCUT2D eigenvalue weighted by Crippen LogP contribution is -2.13. The van der Waals surface area contributed by atoms with Crippen LogP contribution in [0, 0.1) is 11.6 Å². The summed E-state index contributed by atoms with van der Waals surface area (Å²) in [7, 11) is 1.86. The summed E-state index contributed by atoms with van der Waals surface area (Å²) in [6.45, 7) is 0. The van der Waals surface area contributed by atoms with Gasteiger partial charge in [-0.25, -0.2) is 8.78 Å². The molecule has 3 aromatic rings. The fourth-order valence-electron chi connectivity index (χ4n) is 2.31. The van der Waals surface area contributed by atoms with Gasteiger partial charge in [-0.2, -0.15) is 0 Å². The van der Waals surface area contributed by atoms with Crippen LogP contribution >= 0.6 is 11.8 Å². The highest BCUT2D eigenvalue weighted by Crippen LogP contribution is 2.26. The van der Waals surface area contributed by atoms with Crippen molar-refractivity contribution < 1.29 is 13.6 Å². The van der Waals surface area contributed by atoms with E-state index in [2.05, 4.69) is 15.5 Å². The predicted molar refractivity (Wildman–Crippen MR) is 94.9 cm³/mol. The Morgan fingerprint density at radius 2 is 1.85 bits per heavy atom. The number of carbonyl (C=O) groups is 1. The minimum atomic E-state index is -0.636. The molecule has 0 saturated heterocycles. The number of anilines is 1. The van der Waals surface area contributed by atoms with Crippen LogP contribution in [0.5, 0.6) is 0 Å². The van der Waals surface area contributed by atoms with Crippen molar-refractivity contribution in [1.29, 1.82) is 0 Å². The van der Waals surface area contributed by atoms with Crippen LogP contribution in [0.3, 0.4) is 0 Å². The Morgan fingerprint density at radius 3 is 2.46 bits per heavy atom. The quantitative estimate of drug-likeness (QED) is 0.713. The molecule has 0 bridgehead atoms. The fourth-order valence-corrected chi connectivity index (χ4v) is 3.07. The summed E-state index contributed by atoms with van der Waals surface area (Å²) in [5, 5.41) is 11.3. The highest BCUT2D eigenvalue weighted by atomic mass is 32.2. The minimum Gasteiger partial charge on any atom is -0.326 e. The van der Waals surface area contributed by atoms with Gasteiger partial charge in [-0.05, 0) is 54.6 Å². The van der Waals surface area contributed by atoms with Crippen LogP contribution in [-0.2, 0) is 18.3 Å². The second kappa shape index (κ2) is 8.09. The Balaban J connectivity index is 1.55. The molecule has 0 spiro atoms. The molecule has 0 radical (unpaired) electrons. The zero-order valence-corrected chi connectivity index (χ0v) is 14.8. The highest BCUT2D eigenvalue weighted by molar-refractivity contribution is 7.99. The molecule has 2 aromatic carbocycles. The number of carbonyl (C=O) groups excluding carboxylic acids is 1. The molecule has 1 N–H and O–H groups in total. The molecule has 0 atom stereocenters. The van der Waals surface area contributed by atoms with E-state index in [9.17, 15) is 13.6 Å². The molecule has 0 aliphatic rings. The molecule has 1 heterocycles. The van der Waals surface area contributed by atoms with Crippen LogP contribution < -0.4 is 5.32 Å². The number of aryl methyl sites for hydroxylation is 1. The van der Waals surface area contributed by atoms with Gasteiger partial charge < -0.3 is 9.88 Å². The summed E-state index contributed by atoms with van der Waals surface area (Å²) >= 11 is 1.45. The molecule has 1 aromatic heterocycles. The van der Waals surface area contributed by atoms with Gasteiger partial charge in [0.1, 0.15) is 18.0 Å². The summed E-state index contributed by atoms with van der Waals surface area (Å²) < 4.78 is 28.9. The first-order chi connectivity index (χ1) is 12.5. The zero-order chi connectivity index (χ0) is 18.5. The first-order valence-corrected chi connectivity index (χ1v) is 8.69. The smallest absolute Gasteiger partial charge is 0.224 e. The van der Waals surface area contributed by atoms with Crippen molar-refractivity contribution in [2.75, 3.05) is 5.32 Å². The molecule has 0 saturated carbocycles. The Labute approximate surface area is 153 Å². The Hall–Kier alpha value is -2.74. The van der Waals surface area contributed by atoms with Gasteiger partial charge in [0.2, 0.25) is 5.91 Å². The molecule has 5 nitrogen and oxygen atoms in total. The molecule has 0 fully saturated rings. The van der Waals surface area contributed by atoms with E-state index in [0.717, 1.165) is 10.1 Å². The topological polar surface area (TPSA) is 59.8 Å². The third kappa shape index (κ3) is 4.45. The van der Waals surface area contributed by atoms with E-state index in [1.54, 1.807) is 18.5 Å². The first kappa shape index (κ1) is 18.1. The summed E-state index contributed by atoms with van der Waals surface area (Å²) in [5.41, 5.74) is 0.546. The van der Waals surface area contributed by atoms with Crippen LogP contribution in [0.2, 0.25) is 0 Å². The van der Waals surface area contributed by atoms with Crippen LogP contribution in [0.25, 0.3) is 0 Å². The third-order valence-electron chi connectivity index (χ3n) is 3.68. The van der Waals surface area contributed by atoms with Crippen molar-refractivity contribution in [3.8, 4) is 0 Å². The standard InChI is InChI=1S/C18H16F2N4OS/c1-24-11-21-23-18(24)26-13-7-5-12(6-8-13)22-17(25)10-9-14-15(19)3-2-4-16(14)20/h2-8,11H,9-10H2,1H3,(H,22,25). The second-order valence-electron chi connectivity index (χ2n) is 5.60. The van der Waals surface area contributed by atoms with Crippen LogP contribution in [0.15, 0.2) is 58.8 Å². The lowest BCUT2D eigenvalue weighted by atomic mass is 10.1. The van der Waals surface area contributed by atoms with E-state index in [-0.39, 0.29) is 24.3 Å². The minimum absolute atomic E-state index is 0.00440. The van der Waals surface area contributed by atoms with Gasteiger partial charge in [-0.15, -0.1) is 10.2 Å². The van der Waals surface area contributed by atoms with Crippen molar-refractivity contribution in [3.63, 3.8) is 0 Å². The van der Waals surface area contributed by atoms with Gasteiger partial charge >= 0.3 is 0 Å². The summed E-state index contributed by atoms with van der Waals surface area (Å²) in [6.07, 6.45) is 1.62. The van der Waals surface area contributed by atoms with E-state index < -0.39 is 11.6 Å². The summed E-state index contributed by atoms with van der Waals surface area (Å²) in [4.78, 5) is 13.0. The van der Waals surface area contributed by atoms with Crippen molar-refractivity contribution in [2.45, 2.75) is 22.9 Å². The Kier molecular flexibility index (Phi) is 5.62. The van der Waals surface area contributed by atoms with E-state index >= 15 is 0 Å². The monoisotopic (exact) mass is 374 g/mol. The average Bonchev–Trinajstić information content (AvgIpc) is 3.01. The molecule has 8 heteroatoms. The molecule has 3 rings (SSSR count). The van der Waals surface area contributed by atoms with Crippen LogP contribution in [0.4, 0.5) is 14.5 Å². The maximum Gasteiger partial charge on any atom is 0.224 e. The summed E-state index contributed by atoms with van der Waals surface area (Å²) in [5.74, 6) is -1.58. The highest BCUT2D eigenvalue weighted by Gasteiger charge is 2.11.